The number of rotatable bonds is 5. The molecule has 152 valence electrons. The van der Waals surface area contributed by atoms with Crippen LogP contribution in [0, 0.1) is 0 Å². The Kier molecular flexibility index (Phi) is 5.14. The van der Waals surface area contributed by atoms with E-state index in [1.54, 1.807) is 35.2 Å². The van der Waals surface area contributed by atoms with Gasteiger partial charge in [0.05, 0.1) is 24.9 Å². The van der Waals surface area contributed by atoms with Gasteiger partial charge in [-0.05, 0) is 29.3 Å². The summed E-state index contributed by atoms with van der Waals surface area (Å²) in [7, 11) is 1.33. The number of anilines is 1. The highest BCUT2D eigenvalue weighted by atomic mass is 16.5. The number of benzene rings is 3. The minimum Gasteiger partial charge on any atom is -0.465 e. The normalized spacial score (nSPS) is 18.8. The molecule has 0 saturated heterocycles. The third kappa shape index (κ3) is 3.17. The van der Waals surface area contributed by atoms with Crippen LogP contribution < -0.4 is 4.90 Å². The molecule has 0 saturated carbocycles. The van der Waals surface area contributed by atoms with E-state index in [1.807, 2.05) is 55.5 Å². The molecule has 3 aromatic carbocycles. The van der Waals surface area contributed by atoms with Gasteiger partial charge in [0.1, 0.15) is 0 Å². The summed E-state index contributed by atoms with van der Waals surface area (Å²) in [4.78, 5) is 26.9. The van der Waals surface area contributed by atoms with Crippen molar-refractivity contribution >= 4 is 17.6 Å². The Morgan fingerprint density at radius 3 is 2.30 bits per heavy atom. The molecule has 0 unspecified atom stereocenters. The average Bonchev–Trinajstić information content (AvgIpc) is 3.01. The van der Waals surface area contributed by atoms with Gasteiger partial charge in [-0.25, -0.2) is 4.79 Å². The predicted octanol–water partition coefficient (Wildman–Crippen LogP) is 4.01. The highest BCUT2D eigenvalue weighted by Gasteiger charge is 2.53. The summed E-state index contributed by atoms with van der Waals surface area (Å²) in [6.45, 7) is 2.21. The first-order valence-electron chi connectivity index (χ1n) is 9.83. The molecule has 1 heterocycles. The predicted molar refractivity (Wildman–Crippen MR) is 114 cm³/mol. The van der Waals surface area contributed by atoms with Crippen molar-refractivity contribution in [3.63, 3.8) is 0 Å². The van der Waals surface area contributed by atoms with Crippen molar-refractivity contribution in [3.8, 4) is 0 Å². The number of hydrogen-bond donors (Lipinski definition) is 1. The molecule has 5 nitrogen and oxygen atoms in total. The van der Waals surface area contributed by atoms with Crippen molar-refractivity contribution < 1.29 is 19.4 Å². The van der Waals surface area contributed by atoms with Crippen LogP contribution in [0.3, 0.4) is 0 Å². The van der Waals surface area contributed by atoms with Crippen LogP contribution >= 0.6 is 0 Å². The van der Waals surface area contributed by atoms with Gasteiger partial charge in [-0.1, -0.05) is 67.6 Å². The first-order chi connectivity index (χ1) is 14.5. The Bertz CT molecular complexity index is 1080. The highest BCUT2D eigenvalue weighted by molar-refractivity contribution is 6.07. The molecule has 0 fully saturated rings. The van der Waals surface area contributed by atoms with Crippen molar-refractivity contribution in [2.45, 2.75) is 25.0 Å². The van der Waals surface area contributed by atoms with E-state index >= 15 is 0 Å². The van der Waals surface area contributed by atoms with Gasteiger partial charge in [0.2, 0.25) is 0 Å². The lowest BCUT2D eigenvalue weighted by Crippen LogP contribution is -2.43. The molecule has 30 heavy (non-hydrogen) atoms. The summed E-state index contributed by atoms with van der Waals surface area (Å²) >= 11 is 0. The molecule has 0 radical (unpaired) electrons. The molecule has 1 aliphatic heterocycles. The molecule has 4 rings (SSSR count). The van der Waals surface area contributed by atoms with Gasteiger partial charge in [0.25, 0.3) is 5.91 Å². The Hall–Kier alpha value is -3.44. The second-order valence-electron chi connectivity index (χ2n) is 7.50. The molecule has 2 atom stereocenters. The molecular weight excluding hydrogens is 378 g/mol. The Balaban J connectivity index is 1.71. The van der Waals surface area contributed by atoms with Gasteiger partial charge in [0.15, 0.2) is 5.60 Å². The first kappa shape index (κ1) is 19.9. The number of methoxy groups -OCH3 is 1. The van der Waals surface area contributed by atoms with E-state index in [4.69, 9.17) is 4.74 Å². The summed E-state index contributed by atoms with van der Waals surface area (Å²) in [5.74, 6) is -1.29. The Labute approximate surface area is 175 Å². The quantitative estimate of drug-likeness (QED) is 0.656. The summed E-state index contributed by atoms with van der Waals surface area (Å²) < 4.78 is 4.74. The smallest absolute Gasteiger partial charge is 0.337 e. The summed E-state index contributed by atoms with van der Waals surface area (Å²) in [5.41, 5.74) is 1.78. The van der Waals surface area contributed by atoms with Gasteiger partial charge in [-0.2, -0.15) is 0 Å². The number of carbonyl (C=O) groups is 2. The lowest BCUT2D eigenvalue weighted by molar-refractivity contribution is -0.138. The Morgan fingerprint density at radius 1 is 1.00 bits per heavy atom. The first-order valence-corrected chi connectivity index (χ1v) is 9.83. The number of hydrogen-bond acceptors (Lipinski definition) is 4. The van der Waals surface area contributed by atoms with E-state index in [1.165, 1.54) is 7.11 Å². The fourth-order valence-corrected chi connectivity index (χ4v) is 4.07. The molecule has 3 aromatic rings. The second kappa shape index (κ2) is 7.76. The number of aliphatic hydroxyl groups is 1. The maximum absolute atomic E-state index is 13.5. The molecule has 0 spiro atoms. The van der Waals surface area contributed by atoms with E-state index in [0.717, 1.165) is 11.1 Å². The number of fused-ring (bicyclic) bond motifs is 1. The summed E-state index contributed by atoms with van der Waals surface area (Å²) in [6.07, 6.45) is 0. The van der Waals surface area contributed by atoms with Gasteiger partial charge in [-0.15, -0.1) is 0 Å². The largest absolute Gasteiger partial charge is 0.465 e. The van der Waals surface area contributed by atoms with Crippen LogP contribution in [0.25, 0.3) is 0 Å². The molecular formula is C25H23NO4. The SMILES string of the molecule is COC(=O)c1ccc([C@H](C)[C@]2(O)C(=O)N(Cc3ccccc3)c3ccccc32)cc1. The van der Waals surface area contributed by atoms with E-state index in [0.29, 0.717) is 23.4 Å². The van der Waals surface area contributed by atoms with E-state index in [2.05, 4.69) is 0 Å². The van der Waals surface area contributed by atoms with Gasteiger partial charge < -0.3 is 14.7 Å². The molecule has 0 aliphatic carbocycles. The van der Waals surface area contributed by atoms with Crippen molar-refractivity contribution in [1.82, 2.24) is 0 Å². The molecule has 0 aromatic heterocycles. The van der Waals surface area contributed by atoms with Crippen LogP contribution in [0.2, 0.25) is 0 Å². The van der Waals surface area contributed by atoms with Crippen molar-refractivity contribution in [1.29, 1.82) is 0 Å². The maximum atomic E-state index is 13.5. The number of carbonyl (C=O) groups excluding carboxylic acids is 2. The average molecular weight is 401 g/mol. The molecule has 5 heteroatoms. The minimum absolute atomic E-state index is 0.350. The van der Waals surface area contributed by atoms with Gasteiger partial charge in [0, 0.05) is 11.5 Å². The van der Waals surface area contributed by atoms with Crippen molar-refractivity contribution in [3.05, 3.63) is 101 Å². The van der Waals surface area contributed by atoms with Crippen molar-refractivity contribution in [2.75, 3.05) is 12.0 Å². The molecule has 1 N–H and O–H groups in total. The van der Waals surface area contributed by atoms with E-state index in [-0.39, 0.29) is 5.91 Å². The second-order valence-corrected chi connectivity index (χ2v) is 7.50. The fraction of sp³-hybridized carbons (Fsp3) is 0.200. The van der Waals surface area contributed by atoms with E-state index < -0.39 is 17.5 Å². The maximum Gasteiger partial charge on any atom is 0.337 e. The third-order valence-corrected chi connectivity index (χ3v) is 5.82. The van der Waals surface area contributed by atoms with E-state index in [9.17, 15) is 14.7 Å². The van der Waals surface area contributed by atoms with Gasteiger partial charge >= 0.3 is 5.97 Å². The summed E-state index contributed by atoms with van der Waals surface area (Å²) in [5, 5.41) is 11.7. The fourth-order valence-electron chi connectivity index (χ4n) is 4.07. The highest BCUT2D eigenvalue weighted by Crippen LogP contribution is 2.48. The number of nitrogens with zero attached hydrogens (tertiary/aromatic N) is 1. The zero-order chi connectivity index (χ0) is 21.3. The van der Waals surface area contributed by atoms with Crippen LogP contribution in [0.1, 0.15) is 39.9 Å². The number of amides is 1. The lowest BCUT2D eigenvalue weighted by Gasteiger charge is -2.30. The molecule has 0 bridgehead atoms. The van der Waals surface area contributed by atoms with Crippen LogP contribution in [0.4, 0.5) is 5.69 Å². The summed E-state index contributed by atoms with van der Waals surface area (Å²) in [6, 6.07) is 23.9. The van der Waals surface area contributed by atoms with Crippen LogP contribution in [-0.2, 0) is 21.7 Å². The van der Waals surface area contributed by atoms with Crippen LogP contribution in [-0.4, -0.2) is 24.1 Å². The number of ether oxygens (including phenoxy) is 1. The molecule has 1 amide bonds. The zero-order valence-electron chi connectivity index (χ0n) is 16.9. The Morgan fingerprint density at radius 2 is 1.63 bits per heavy atom. The number of esters is 1. The lowest BCUT2D eigenvalue weighted by atomic mass is 9.79. The van der Waals surface area contributed by atoms with Crippen LogP contribution in [0.15, 0.2) is 78.9 Å². The topological polar surface area (TPSA) is 66.8 Å². The van der Waals surface area contributed by atoms with Crippen LogP contribution in [0.5, 0.6) is 0 Å². The zero-order valence-corrected chi connectivity index (χ0v) is 16.9. The van der Waals surface area contributed by atoms with Gasteiger partial charge in [-0.3, -0.25) is 4.79 Å². The molecule has 1 aliphatic rings. The minimum atomic E-state index is -1.70. The monoisotopic (exact) mass is 401 g/mol. The van der Waals surface area contributed by atoms with Crippen molar-refractivity contribution in [2.24, 2.45) is 0 Å². The third-order valence-electron chi connectivity index (χ3n) is 5.82. The number of para-hydroxylation sites is 1. The standard InChI is InChI=1S/C25H23NO4/c1-17(19-12-14-20(15-13-19)23(27)30-2)25(29)21-10-6-7-11-22(21)26(24(25)28)16-18-8-4-3-5-9-18/h3-15,17,29H,16H2,1-2H3/t17-,25+/m0/s1.